The molecule has 0 heterocycles. The number of rotatable bonds is 6. The highest BCUT2D eigenvalue weighted by molar-refractivity contribution is 5.13. The van der Waals surface area contributed by atoms with E-state index in [0.717, 1.165) is 5.56 Å². The van der Waals surface area contributed by atoms with Crippen LogP contribution in [0.25, 0.3) is 0 Å². The zero-order valence-electron chi connectivity index (χ0n) is 8.67. The molecule has 0 saturated carbocycles. The van der Waals surface area contributed by atoms with Crippen molar-refractivity contribution in [2.75, 3.05) is 6.61 Å². The van der Waals surface area contributed by atoms with Crippen molar-refractivity contribution in [1.29, 1.82) is 0 Å². The largest absolute Gasteiger partial charge is 0.387 e. The van der Waals surface area contributed by atoms with Crippen LogP contribution in [-0.4, -0.2) is 23.9 Å². The molecule has 1 aromatic carbocycles. The van der Waals surface area contributed by atoms with E-state index in [0.29, 0.717) is 13.2 Å². The van der Waals surface area contributed by atoms with E-state index in [-0.39, 0.29) is 0 Å². The minimum atomic E-state index is -0.708. The van der Waals surface area contributed by atoms with Crippen molar-refractivity contribution in [2.45, 2.75) is 18.8 Å². The van der Waals surface area contributed by atoms with Gasteiger partial charge in [-0.3, -0.25) is 0 Å². The van der Waals surface area contributed by atoms with E-state index >= 15 is 0 Å². The monoisotopic (exact) mass is 207 g/mol. The summed E-state index contributed by atoms with van der Waals surface area (Å²) < 4.78 is 5.37. The van der Waals surface area contributed by atoms with Crippen molar-refractivity contribution in [3.63, 3.8) is 0 Å². The Hall–Kier alpha value is -1.16. The first kappa shape index (κ1) is 11.9. The second kappa shape index (κ2) is 6.35. The molecule has 0 aliphatic heterocycles. The van der Waals surface area contributed by atoms with E-state index in [1.807, 2.05) is 30.3 Å². The third-order valence-electron chi connectivity index (χ3n) is 2.10. The summed E-state index contributed by atoms with van der Waals surface area (Å²) in [4.78, 5) is 0. The Balaban J connectivity index is 2.25. The first-order chi connectivity index (χ1) is 7.24. The zero-order valence-corrected chi connectivity index (χ0v) is 8.67. The topological polar surface area (TPSA) is 55.5 Å². The maximum absolute atomic E-state index is 9.30. The molecule has 0 aliphatic rings. The Morgan fingerprint density at radius 3 is 2.67 bits per heavy atom. The molecule has 0 aromatic heterocycles. The fourth-order valence-corrected chi connectivity index (χ4v) is 1.16. The highest BCUT2D eigenvalue weighted by Gasteiger charge is 2.10. The standard InChI is InChI=1S/C12H17NO2/c1-2-12(14)11(13)9-15-8-10-6-4-3-5-7-10/h2-7,11-12,14H,1,8-9,13H2/t11-,12+/m1/s1. The van der Waals surface area contributed by atoms with Gasteiger partial charge in [-0.25, -0.2) is 0 Å². The molecular formula is C12H17NO2. The molecule has 82 valence electrons. The van der Waals surface area contributed by atoms with Gasteiger partial charge in [0.15, 0.2) is 0 Å². The zero-order chi connectivity index (χ0) is 11.1. The second-order valence-electron chi connectivity index (χ2n) is 3.39. The fraction of sp³-hybridized carbons (Fsp3) is 0.333. The summed E-state index contributed by atoms with van der Waals surface area (Å²) in [7, 11) is 0. The third kappa shape index (κ3) is 4.25. The number of nitrogens with two attached hydrogens (primary N) is 1. The van der Waals surface area contributed by atoms with Crippen LogP contribution in [0.1, 0.15) is 5.56 Å². The van der Waals surface area contributed by atoms with Crippen molar-refractivity contribution in [3.05, 3.63) is 48.6 Å². The van der Waals surface area contributed by atoms with E-state index in [9.17, 15) is 5.11 Å². The number of aliphatic hydroxyl groups excluding tert-OH is 1. The lowest BCUT2D eigenvalue weighted by atomic mass is 10.2. The van der Waals surface area contributed by atoms with Crippen LogP contribution in [0.3, 0.4) is 0 Å². The Labute approximate surface area is 90.2 Å². The van der Waals surface area contributed by atoms with E-state index < -0.39 is 12.1 Å². The summed E-state index contributed by atoms with van der Waals surface area (Å²) in [5.74, 6) is 0. The van der Waals surface area contributed by atoms with E-state index in [1.165, 1.54) is 6.08 Å². The van der Waals surface area contributed by atoms with Crippen LogP contribution in [0.15, 0.2) is 43.0 Å². The minimum absolute atomic E-state index is 0.322. The van der Waals surface area contributed by atoms with Crippen molar-refractivity contribution >= 4 is 0 Å². The predicted molar refractivity (Wildman–Crippen MR) is 60.3 cm³/mol. The van der Waals surface area contributed by atoms with Crippen LogP contribution in [0.2, 0.25) is 0 Å². The maximum Gasteiger partial charge on any atom is 0.0891 e. The summed E-state index contributed by atoms with van der Waals surface area (Å²) in [5, 5.41) is 9.30. The fourth-order valence-electron chi connectivity index (χ4n) is 1.16. The van der Waals surface area contributed by atoms with Crippen LogP contribution < -0.4 is 5.73 Å². The molecule has 2 atom stereocenters. The summed E-state index contributed by atoms with van der Waals surface area (Å²) in [6, 6.07) is 9.42. The molecule has 0 unspecified atom stereocenters. The summed E-state index contributed by atoms with van der Waals surface area (Å²) >= 11 is 0. The Bertz CT molecular complexity index is 287. The molecule has 0 spiro atoms. The number of ether oxygens (including phenoxy) is 1. The molecule has 1 rings (SSSR count). The molecule has 0 amide bonds. The molecule has 0 saturated heterocycles. The lowest BCUT2D eigenvalue weighted by molar-refractivity contribution is 0.0715. The van der Waals surface area contributed by atoms with Crippen LogP contribution in [0, 0.1) is 0 Å². The van der Waals surface area contributed by atoms with Crippen LogP contribution in [0.5, 0.6) is 0 Å². The molecule has 0 bridgehead atoms. The Kier molecular flexibility index (Phi) is 5.04. The lowest BCUT2D eigenvalue weighted by Crippen LogP contribution is -2.37. The van der Waals surface area contributed by atoms with Gasteiger partial charge in [0.25, 0.3) is 0 Å². The minimum Gasteiger partial charge on any atom is -0.387 e. The Morgan fingerprint density at radius 1 is 1.40 bits per heavy atom. The van der Waals surface area contributed by atoms with Crippen LogP contribution in [0.4, 0.5) is 0 Å². The smallest absolute Gasteiger partial charge is 0.0891 e. The highest BCUT2D eigenvalue weighted by Crippen LogP contribution is 2.01. The van der Waals surface area contributed by atoms with Crippen molar-refractivity contribution in [3.8, 4) is 0 Å². The first-order valence-corrected chi connectivity index (χ1v) is 4.92. The molecule has 0 radical (unpaired) electrons. The van der Waals surface area contributed by atoms with Crippen molar-refractivity contribution in [1.82, 2.24) is 0 Å². The number of aliphatic hydroxyl groups is 1. The maximum atomic E-state index is 9.30. The van der Waals surface area contributed by atoms with Gasteiger partial charge in [0.2, 0.25) is 0 Å². The average Bonchev–Trinajstić information content (AvgIpc) is 2.29. The van der Waals surface area contributed by atoms with Gasteiger partial charge < -0.3 is 15.6 Å². The number of hydrogen-bond acceptors (Lipinski definition) is 3. The van der Waals surface area contributed by atoms with Gasteiger partial charge in [-0.2, -0.15) is 0 Å². The van der Waals surface area contributed by atoms with Gasteiger partial charge in [-0.15, -0.1) is 6.58 Å². The van der Waals surface area contributed by atoms with E-state index in [2.05, 4.69) is 6.58 Å². The molecular weight excluding hydrogens is 190 g/mol. The van der Waals surface area contributed by atoms with Gasteiger partial charge in [0.05, 0.1) is 25.4 Å². The lowest BCUT2D eigenvalue weighted by Gasteiger charge is -2.15. The quantitative estimate of drug-likeness (QED) is 0.686. The second-order valence-corrected chi connectivity index (χ2v) is 3.39. The molecule has 15 heavy (non-hydrogen) atoms. The summed E-state index contributed by atoms with van der Waals surface area (Å²) in [6.45, 7) is 4.30. The average molecular weight is 207 g/mol. The molecule has 1 aromatic rings. The van der Waals surface area contributed by atoms with Crippen molar-refractivity contribution < 1.29 is 9.84 Å². The summed E-state index contributed by atoms with van der Waals surface area (Å²) in [5.41, 5.74) is 6.74. The van der Waals surface area contributed by atoms with Gasteiger partial charge in [0.1, 0.15) is 0 Å². The summed E-state index contributed by atoms with van der Waals surface area (Å²) in [6.07, 6.45) is 0.706. The SMILES string of the molecule is C=C[C@H](O)[C@H](N)COCc1ccccc1. The van der Waals surface area contributed by atoms with Gasteiger partial charge in [0, 0.05) is 0 Å². The van der Waals surface area contributed by atoms with Crippen molar-refractivity contribution in [2.24, 2.45) is 5.73 Å². The molecule has 3 heteroatoms. The molecule has 0 aliphatic carbocycles. The number of benzene rings is 1. The van der Waals surface area contributed by atoms with Crippen LogP contribution >= 0.6 is 0 Å². The number of hydrogen-bond donors (Lipinski definition) is 2. The first-order valence-electron chi connectivity index (χ1n) is 4.92. The van der Waals surface area contributed by atoms with Crippen LogP contribution in [-0.2, 0) is 11.3 Å². The third-order valence-corrected chi connectivity index (χ3v) is 2.10. The highest BCUT2D eigenvalue weighted by atomic mass is 16.5. The van der Waals surface area contributed by atoms with Gasteiger partial charge >= 0.3 is 0 Å². The normalized spacial score (nSPS) is 14.5. The Morgan fingerprint density at radius 2 is 2.07 bits per heavy atom. The van der Waals surface area contributed by atoms with Gasteiger partial charge in [-0.1, -0.05) is 36.4 Å². The molecule has 3 N–H and O–H groups in total. The van der Waals surface area contributed by atoms with Gasteiger partial charge in [-0.05, 0) is 5.56 Å². The molecule has 0 fully saturated rings. The molecule has 3 nitrogen and oxygen atoms in total. The van der Waals surface area contributed by atoms with E-state index in [1.54, 1.807) is 0 Å². The predicted octanol–water partition coefficient (Wildman–Crippen LogP) is 1.08. The van der Waals surface area contributed by atoms with E-state index in [4.69, 9.17) is 10.5 Å².